The highest BCUT2D eigenvalue weighted by Gasteiger charge is 2.31. The molecule has 19 heavy (non-hydrogen) atoms. The van der Waals surface area contributed by atoms with Crippen LogP contribution >= 0.6 is 12.4 Å². The number of alkyl halides is 3. The molecule has 1 aliphatic heterocycles. The van der Waals surface area contributed by atoms with Gasteiger partial charge in [-0.05, 0) is 30.5 Å². The van der Waals surface area contributed by atoms with Crippen LogP contribution in [-0.2, 0) is 11.2 Å². The summed E-state index contributed by atoms with van der Waals surface area (Å²) in [6, 6.07) is 5.12. The van der Waals surface area contributed by atoms with E-state index in [1.165, 1.54) is 0 Å². The highest BCUT2D eigenvalue weighted by atomic mass is 35.5. The van der Waals surface area contributed by atoms with Gasteiger partial charge in [0.05, 0.1) is 0 Å². The molecule has 2 rings (SSSR count). The molecule has 1 amide bonds. The molecule has 0 unspecified atom stereocenters. The van der Waals surface area contributed by atoms with Gasteiger partial charge in [-0.2, -0.15) is 13.2 Å². The third-order valence-electron chi connectivity index (χ3n) is 2.69. The largest absolute Gasteiger partial charge is 0.397 e. The van der Waals surface area contributed by atoms with Crippen LogP contribution in [0.5, 0.6) is 0 Å². The predicted octanol–water partition coefficient (Wildman–Crippen LogP) is 3.36. The Hall–Kier alpha value is -1.43. The van der Waals surface area contributed by atoms with Gasteiger partial charge in [0.1, 0.15) is 6.42 Å². The van der Waals surface area contributed by atoms with E-state index in [-0.39, 0.29) is 12.4 Å². The molecule has 0 saturated heterocycles. The zero-order chi connectivity index (χ0) is 13.2. The first-order valence-electron chi connectivity index (χ1n) is 5.67. The highest BCUT2D eigenvalue weighted by molar-refractivity contribution is 5.91. The number of anilines is 2. The predicted molar refractivity (Wildman–Crippen MR) is 69.8 cm³/mol. The fourth-order valence-electron chi connectivity index (χ4n) is 1.93. The van der Waals surface area contributed by atoms with Gasteiger partial charge >= 0.3 is 6.18 Å². The fourth-order valence-corrected chi connectivity index (χ4v) is 1.93. The molecule has 1 aromatic carbocycles. The number of fused-ring (bicyclic) bond motifs is 1. The molecule has 0 atom stereocenters. The van der Waals surface area contributed by atoms with Crippen LogP contribution in [-0.4, -0.2) is 18.6 Å². The Labute approximate surface area is 115 Å². The first kappa shape index (κ1) is 15.6. The Kier molecular flexibility index (Phi) is 5.05. The standard InChI is InChI=1S/C12H13F3N2O.ClH/c13-12(14,15)7-11(18)17-9-4-3-8-2-1-5-16-10(8)6-9;/h3-4,6,16H,1-2,5,7H2,(H,17,18);1H. The molecule has 3 nitrogen and oxygen atoms in total. The van der Waals surface area contributed by atoms with Gasteiger partial charge in [0.15, 0.2) is 0 Å². The summed E-state index contributed by atoms with van der Waals surface area (Å²) in [6.07, 6.45) is -3.96. The Balaban J connectivity index is 0.00000180. The third kappa shape index (κ3) is 4.63. The molecule has 2 N–H and O–H groups in total. The number of benzene rings is 1. The van der Waals surface area contributed by atoms with Gasteiger partial charge < -0.3 is 10.6 Å². The van der Waals surface area contributed by atoms with E-state index in [0.717, 1.165) is 30.6 Å². The third-order valence-corrected chi connectivity index (χ3v) is 2.69. The highest BCUT2D eigenvalue weighted by Crippen LogP contribution is 2.26. The van der Waals surface area contributed by atoms with Crippen LogP contribution in [0.3, 0.4) is 0 Å². The average Bonchev–Trinajstić information content (AvgIpc) is 2.26. The van der Waals surface area contributed by atoms with Crippen LogP contribution in [0.1, 0.15) is 18.4 Å². The molecule has 1 heterocycles. The number of halogens is 4. The first-order valence-corrected chi connectivity index (χ1v) is 5.67. The van der Waals surface area contributed by atoms with Crippen LogP contribution in [0.15, 0.2) is 18.2 Å². The monoisotopic (exact) mass is 294 g/mol. The lowest BCUT2D eigenvalue weighted by atomic mass is 10.0. The first-order chi connectivity index (χ1) is 8.44. The van der Waals surface area contributed by atoms with E-state index in [1.54, 1.807) is 12.1 Å². The van der Waals surface area contributed by atoms with Gasteiger partial charge in [0, 0.05) is 17.9 Å². The van der Waals surface area contributed by atoms with Crippen LogP contribution in [0.4, 0.5) is 24.5 Å². The number of carbonyl (C=O) groups excluding carboxylic acids is 1. The number of nitrogens with one attached hydrogen (secondary N) is 2. The van der Waals surface area contributed by atoms with Crippen LogP contribution in [0.2, 0.25) is 0 Å². The van der Waals surface area contributed by atoms with Crippen LogP contribution < -0.4 is 10.6 Å². The summed E-state index contributed by atoms with van der Waals surface area (Å²) in [6.45, 7) is 0.840. The van der Waals surface area contributed by atoms with Crippen molar-refractivity contribution >= 4 is 29.7 Å². The summed E-state index contributed by atoms with van der Waals surface area (Å²) in [7, 11) is 0. The lowest BCUT2D eigenvalue weighted by Gasteiger charge is -2.19. The number of hydrogen-bond acceptors (Lipinski definition) is 2. The van der Waals surface area contributed by atoms with E-state index in [4.69, 9.17) is 0 Å². The number of amides is 1. The second-order valence-corrected chi connectivity index (χ2v) is 4.24. The van der Waals surface area contributed by atoms with Crippen molar-refractivity contribution in [3.05, 3.63) is 23.8 Å². The molecule has 0 radical (unpaired) electrons. The van der Waals surface area contributed by atoms with E-state index in [0.29, 0.717) is 5.69 Å². The summed E-state index contributed by atoms with van der Waals surface area (Å²) in [4.78, 5) is 11.1. The number of carbonyl (C=O) groups is 1. The van der Waals surface area contributed by atoms with Crippen molar-refractivity contribution in [1.82, 2.24) is 0 Å². The van der Waals surface area contributed by atoms with E-state index in [2.05, 4.69) is 10.6 Å². The fraction of sp³-hybridized carbons (Fsp3) is 0.417. The van der Waals surface area contributed by atoms with Gasteiger partial charge in [0.2, 0.25) is 5.91 Å². The molecule has 106 valence electrons. The Morgan fingerprint density at radius 3 is 2.79 bits per heavy atom. The maximum Gasteiger partial charge on any atom is 0.397 e. The lowest BCUT2D eigenvalue weighted by Crippen LogP contribution is -2.21. The Morgan fingerprint density at radius 2 is 2.11 bits per heavy atom. The minimum atomic E-state index is -4.48. The van der Waals surface area contributed by atoms with Crippen molar-refractivity contribution in [1.29, 1.82) is 0 Å². The average molecular weight is 295 g/mol. The zero-order valence-electron chi connectivity index (χ0n) is 10.0. The van der Waals surface area contributed by atoms with E-state index in [9.17, 15) is 18.0 Å². The van der Waals surface area contributed by atoms with Crippen molar-refractivity contribution in [2.24, 2.45) is 0 Å². The van der Waals surface area contributed by atoms with Crippen molar-refractivity contribution in [2.45, 2.75) is 25.4 Å². The minimum Gasteiger partial charge on any atom is -0.385 e. The van der Waals surface area contributed by atoms with Gasteiger partial charge in [-0.1, -0.05) is 6.07 Å². The molecular weight excluding hydrogens is 281 g/mol. The van der Waals surface area contributed by atoms with Gasteiger partial charge in [0.25, 0.3) is 0 Å². The molecule has 0 spiro atoms. The maximum absolute atomic E-state index is 12.0. The number of hydrogen-bond donors (Lipinski definition) is 2. The topological polar surface area (TPSA) is 41.1 Å². The number of aryl methyl sites for hydroxylation is 1. The van der Waals surface area contributed by atoms with E-state index >= 15 is 0 Å². The SMILES string of the molecule is Cl.O=C(CC(F)(F)F)Nc1ccc2c(c1)NCCC2. The van der Waals surface area contributed by atoms with Gasteiger partial charge in [-0.25, -0.2) is 0 Å². The van der Waals surface area contributed by atoms with E-state index in [1.807, 2.05) is 6.07 Å². The van der Waals surface area contributed by atoms with E-state index < -0.39 is 18.5 Å². The molecule has 7 heteroatoms. The molecule has 0 saturated carbocycles. The van der Waals surface area contributed by atoms with Gasteiger partial charge in [-0.15, -0.1) is 12.4 Å². The summed E-state index contributed by atoms with van der Waals surface area (Å²) in [5.74, 6) is -1.04. The smallest absolute Gasteiger partial charge is 0.385 e. The van der Waals surface area contributed by atoms with Crippen molar-refractivity contribution < 1.29 is 18.0 Å². The molecule has 0 fully saturated rings. The second kappa shape index (κ2) is 6.14. The summed E-state index contributed by atoms with van der Waals surface area (Å²) in [5, 5.41) is 5.40. The zero-order valence-corrected chi connectivity index (χ0v) is 10.8. The van der Waals surface area contributed by atoms with Crippen LogP contribution in [0.25, 0.3) is 0 Å². The molecule has 1 aliphatic rings. The summed E-state index contributed by atoms with van der Waals surface area (Å²) < 4.78 is 36.0. The molecule has 0 bridgehead atoms. The maximum atomic E-state index is 12.0. The van der Waals surface area contributed by atoms with Gasteiger partial charge in [-0.3, -0.25) is 4.79 Å². The molecule has 0 aliphatic carbocycles. The lowest BCUT2D eigenvalue weighted by molar-refractivity contribution is -0.150. The molecule has 0 aromatic heterocycles. The Morgan fingerprint density at radius 1 is 1.37 bits per heavy atom. The van der Waals surface area contributed by atoms with Crippen molar-refractivity contribution in [3.8, 4) is 0 Å². The quantitative estimate of drug-likeness (QED) is 0.878. The normalized spacial score (nSPS) is 13.8. The Bertz CT molecular complexity index is 463. The second-order valence-electron chi connectivity index (χ2n) is 4.24. The van der Waals surface area contributed by atoms with Crippen molar-refractivity contribution in [2.75, 3.05) is 17.2 Å². The van der Waals surface area contributed by atoms with Crippen LogP contribution in [0, 0.1) is 0 Å². The number of rotatable bonds is 2. The summed E-state index contributed by atoms with van der Waals surface area (Å²) in [5.41, 5.74) is 2.39. The summed E-state index contributed by atoms with van der Waals surface area (Å²) >= 11 is 0. The molecule has 1 aromatic rings. The minimum absolute atomic E-state index is 0. The molecular formula is C12H14ClF3N2O. The van der Waals surface area contributed by atoms with Crippen molar-refractivity contribution in [3.63, 3.8) is 0 Å².